The lowest BCUT2D eigenvalue weighted by Crippen LogP contribution is -2.26. The monoisotopic (exact) mass is 658 g/mol. The van der Waals surface area contributed by atoms with Crippen LogP contribution in [0.2, 0.25) is 0 Å². The number of anilines is 4. The smallest absolute Gasteiger partial charge is 0.308 e. The minimum atomic E-state index is -0.604. The maximum atomic E-state index is 13.2. The van der Waals surface area contributed by atoms with Crippen molar-refractivity contribution in [3.05, 3.63) is 115 Å². The highest BCUT2D eigenvalue weighted by atomic mass is 79.9. The van der Waals surface area contributed by atoms with Gasteiger partial charge in [-0.05, 0) is 78.7 Å². The van der Waals surface area contributed by atoms with Crippen LogP contribution >= 0.6 is 15.9 Å². The Labute approximate surface area is 261 Å². The molecule has 2 aromatic heterocycles. The third-order valence-electron chi connectivity index (χ3n) is 7.37. The highest BCUT2D eigenvalue weighted by Gasteiger charge is 2.21. The van der Waals surface area contributed by atoms with Gasteiger partial charge in [-0.25, -0.2) is 19.0 Å². The molecule has 2 heterocycles. The van der Waals surface area contributed by atoms with E-state index in [2.05, 4.69) is 37.2 Å². The first kappa shape index (κ1) is 30.2. The van der Waals surface area contributed by atoms with Gasteiger partial charge in [-0.15, -0.1) is 0 Å². The topological polar surface area (TPSA) is 136 Å². The van der Waals surface area contributed by atoms with Crippen LogP contribution in [0.1, 0.15) is 17.0 Å². The molecule has 0 aliphatic carbocycles. The fourth-order valence-corrected chi connectivity index (χ4v) is 5.59. The summed E-state index contributed by atoms with van der Waals surface area (Å²) in [5.41, 5.74) is 3.62. The fraction of sp³-hybridized carbons (Fsp3) is 0.161. The van der Waals surface area contributed by atoms with Crippen LogP contribution in [-0.4, -0.2) is 30.8 Å². The van der Waals surface area contributed by atoms with Gasteiger partial charge in [0.1, 0.15) is 11.4 Å². The largest absolute Gasteiger partial charge is 0.323 e. The third-order valence-corrected chi connectivity index (χ3v) is 7.99. The Hall–Kier alpha value is -5.30. The maximum absolute atomic E-state index is 13.2. The minimum absolute atomic E-state index is 0.153. The van der Waals surface area contributed by atoms with Crippen molar-refractivity contribution in [2.45, 2.75) is 20.8 Å². The van der Waals surface area contributed by atoms with E-state index in [-0.39, 0.29) is 22.5 Å². The molecule has 5 rings (SSSR count). The van der Waals surface area contributed by atoms with Gasteiger partial charge >= 0.3 is 12.1 Å². The standard InChI is InChI=1S/C31H31BrN8O4/c1-18-16-21(33-30(43)35-26-19(2)37(4)39(28(26)41)22-12-8-6-9-13-22)17-24(32)25(18)34-31(44)36-27-20(3)38(5)40(29(27)42)23-14-10-7-11-15-23/h6-17H,1-5H3,(H2,33,35,43)(H2,34,36,44). The average molecular weight is 660 g/mol. The fourth-order valence-electron chi connectivity index (χ4n) is 4.93. The molecule has 0 atom stereocenters. The number of halogens is 1. The number of rotatable bonds is 6. The van der Waals surface area contributed by atoms with Gasteiger partial charge < -0.3 is 21.3 Å². The summed E-state index contributed by atoms with van der Waals surface area (Å²) in [6, 6.07) is 20.4. The quantitative estimate of drug-likeness (QED) is 0.188. The summed E-state index contributed by atoms with van der Waals surface area (Å²) in [5, 5.41) is 10.9. The van der Waals surface area contributed by atoms with Gasteiger partial charge in [0.05, 0.1) is 28.5 Å². The van der Waals surface area contributed by atoms with Crippen molar-refractivity contribution in [2.24, 2.45) is 14.1 Å². The van der Waals surface area contributed by atoms with Gasteiger partial charge in [0.15, 0.2) is 0 Å². The highest BCUT2D eigenvalue weighted by molar-refractivity contribution is 9.10. The molecule has 12 nitrogen and oxygen atoms in total. The number of hydrogen-bond donors (Lipinski definition) is 4. The van der Waals surface area contributed by atoms with Crippen LogP contribution in [0.5, 0.6) is 0 Å². The molecule has 0 unspecified atom stereocenters. The molecule has 3 aromatic carbocycles. The van der Waals surface area contributed by atoms with E-state index in [4.69, 9.17) is 0 Å². The summed E-state index contributed by atoms with van der Waals surface area (Å²) >= 11 is 3.47. The maximum Gasteiger partial charge on any atom is 0.323 e. The number of nitrogens with one attached hydrogen (secondary N) is 4. The number of carbonyl (C=O) groups is 2. The number of benzene rings is 3. The normalized spacial score (nSPS) is 10.9. The third kappa shape index (κ3) is 5.69. The molecule has 226 valence electrons. The summed E-state index contributed by atoms with van der Waals surface area (Å²) in [6.07, 6.45) is 0. The van der Waals surface area contributed by atoms with Crippen LogP contribution in [-0.2, 0) is 14.1 Å². The second-order valence-corrected chi connectivity index (χ2v) is 11.0. The lowest BCUT2D eigenvalue weighted by molar-refractivity contribution is 0.261. The van der Waals surface area contributed by atoms with Crippen LogP contribution in [0, 0.1) is 20.8 Å². The average Bonchev–Trinajstić information content (AvgIpc) is 3.33. The second kappa shape index (κ2) is 12.1. The van der Waals surface area contributed by atoms with Crippen molar-refractivity contribution >= 4 is 50.7 Å². The number of para-hydroxylation sites is 2. The molecule has 0 saturated heterocycles. The van der Waals surface area contributed by atoms with E-state index in [1.165, 1.54) is 9.36 Å². The van der Waals surface area contributed by atoms with E-state index in [1.54, 1.807) is 56.4 Å². The summed E-state index contributed by atoms with van der Waals surface area (Å²) in [5.74, 6) is 0. The zero-order valence-corrected chi connectivity index (χ0v) is 26.3. The number of nitrogens with zero attached hydrogens (tertiary/aromatic N) is 4. The molecule has 4 N–H and O–H groups in total. The first-order valence-corrected chi connectivity index (χ1v) is 14.4. The molecule has 0 radical (unpaired) electrons. The number of urea groups is 2. The van der Waals surface area contributed by atoms with Gasteiger partial charge in [-0.2, -0.15) is 0 Å². The van der Waals surface area contributed by atoms with Crippen LogP contribution in [0.15, 0.2) is 86.9 Å². The van der Waals surface area contributed by atoms with Crippen molar-refractivity contribution in [1.82, 2.24) is 18.7 Å². The molecule has 0 aliphatic rings. The Bertz CT molecular complexity index is 1980. The van der Waals surface area contributed by atoms with Crippen LogP contribution in [0.3, 0.4) is 0 Å². The summed E-state index contributed by atoms with van der Waals surface area (Å²) < 4.78 is 6.80. The number of aromatic nitrogens is 4. The predicted molar refractivity (Wildman–Crippen MR) is 176 cm³/mol. The first-order valence-electron chi connectivity index (χ1n) is 13.6. The summed E-state index contributed by atoms with van der Waals surface area (Å²) in [6.45, 7) is 5.26. The van der Waals surface area contributed by atoms with Gasteiger partial charge in [0.2, 0.25) is 0 Å². The Morgan fingerprint density at radius 3 is 1.45 bits per heavy atom. The Balaban J connectivity index is 1.30. The summed E-state index contributed by atoms with van der Waals surface area (Å²) in [4.78, 5) is 52.2. The number of carbonyl (C=O) groups excluding carboxylic acids is 2. The number of hydrogen-bond acceptors (Lipinski definition) is 4. The van der Waals surface area contributed by atoms with E-state index < -0.39 is 12.1 Å². The molecular weight excluding hydrogens is 628 g/mol. The molecule has 4 amide bonds. The van der Waals surface area contributed by atoms with E-state index >= 15 is 0 Å². The van der Waals surface area contributed by atoms with Crippen molar-refractivity contribution in [3.8, 4) is 11.4 Å². The van der Waals surface area contributed by atoms with Gasteiger partial charge in [0, 0.05) is 24.3 Å². The molecule has 44 heavy (non-hydrogen) atoms. The van der Waals surface area contributed by atoms with Crippen LogP contribution in [0.25, 0.3) is 11.4 Å². The molecular formula is C31H31BrN8O4. The van der Waals surface area contributed by atoms with Gasteiger partial charge in [0.25, 0.3) is 11.1 Å². The van der Waals surface area contributed by atoms with E-state index in [1.807, 2.05) is 60.7 Å². The van der Waals surface area contributed by atoms with Crippen molar-refractivity contribution in [3.63, 3.8) is 0 Å². The molecule has 0 bridgehead atoms. The van der Waals surface area contributed by atoms with Crippen molar-refractivity contribution < 1.29 is 9.59 Å². The lowest BCUT2D eigenvalue weighted by Gasteiger charge is -2.14. The molecule has 0 aliphatic heterocycles. The molecule has 5 aromatic rings. The lowest BCUT2D eigenvalue weighted by atomic mass is 10.2. The van der Waals surface area contributed by atoms with Crippen LogP contribution in [0.4, 0.5) is 32.3 Å². The SMILES string of the molecule is Cc1cc(NC(=O)Nc2c(C)n(C)n(-c3ccccc3)c2=O)cc(Br)c1NC(=O)Nc1c(C)n(C)n(-c2ccccc2)c1=O. The highest BCUT2D eigenvalue weighted by Crippen LogP contribution is 2.30. The van der Waals surface area contributed by atoms with E-state index in [0.717, 1.165) is 0 Å². The van der Waals surface area contributed by atoms with Gasteiger partial charge in [-0.3, -0.25) is 19.0 Å². The predicted octanol–water partition coefficient (Wildman–Crippen LogP) is 5.64. The van der Waals surface area contributed by atoms with E-state index in [9.17, 15) is 19.2 Å². The Morgan fingerprint density at radius 1 is 0.614 bits per heavy atom. The van der Waals surface area contributed by atoms with Crippen molar-refractivity contribution in [1.29, 1.82) is 0 Å². The zero-order chi connectivity index (χ0) is 31.7. The minimum Gasteiger partial charge on any atom is -0.308 e. The molecule has 0 spiro atoms. The number of aryl methyl sites for hydroxylation is 1. The second-order valence-electron chi connectivity index (χ2n) is 10.2. The zero-order valence-electron chi connectivity index (χ0n) is 24.7. The van der Waals surface area contributed by atoms with Crippen LogP contribution < -0.4 is 32.4 Å². The molecule has 13 heteroatoms. The number of amides is 4. The first-order chi connectivity index (χ1) is 21.0. The van der Waals surface area contributed by atoms with Crippen molar-refractivity contribution in [2.75, 3.05) is 21.3 Å². The molecule has 0 saturated carbocycles. The Morgan fingerprint density at radius 2 is 1.02 bits per heavy atom. The van der Waals surface area contributed by atoms with E-state index in [0.29, 0.717) is 44.2 Å². The molecule has 0 fully saturated rings. The van der Waals surface area contributed by atoms with Gasteiger partial charge in [-0.1, -0.05) is 36.4 Å². The summed E-state index contributed by atoms with van der Waals surface area (Å²) in [7, 11) is 3.49. The Kier molecular flexibility index (Phi) is 8.32.